The third kappa shape index (κ3) is 6.29. The van der Waals surface area contributed by atoms with Crippen LogP contribution in [0.5, 0.6) is 0 Å². The molecule has 0 aliphatic heterocycles. The molecule has 1 aliphatic carbocycles. The summed E-state index contributed by atoms with van der Waals surface area (Å²) in [6.07, 6.45) is 2.49. The maximum absolute atomic E-state index is 13.5. The van der Waals surface area contributed by atoms with Crippen molar-refractivity contribution in [3.63, 3.8) is 0 Å². The summed E-state index contributed by atoms with van der Waals surface area (Å²) in [5.74, 6) is -2.62. The van der Waals surface area contributed by atoms with Gasteiger partial charge in [-0.05, 0) is 42.5 Å². The highest BCUT2D eigenvalue weighted by Crippen LogP contribution is 2.28. The van der Waals surface area contributed by atoms with Crippen molar-refractivity contribution < 1.29 is 22.8 Å². The van der Waals surface area contributed by atoms with E-state index in [-0.39, 0.29) is 19.0 Å². The van der Waals surface area contributed by atoms with E-state index in [9.17, 15) is 22.8 Å². The molecule has 2 aromatic rings. The van der Waals surface area contributed by atoms with Crippen molar-refractivity contribution in [3.05, 3.63) is 66.0 Å². The molecule has 2 amide bonds. The maximum atomic E-state index is 13.5. The zero-order valence-corrected chi connectivity index (χ0v) is 17.1. The third-order valence-electron chi connectivity index (χ3n) is 5.52. The van der Waals surface area contributed by atoms with Gasteiger partial charge in [-0.25, -0.2) is 0 Å². The summed E-state index contributed by atoms with van der Waals surface area (Å²) in [5, 5.41) is 2.88. The van der Waals surface area contributed by atoms with Gasteiger partial charge in [-0.3, -0.25) is 14.6 Å². The van der Waals surface area contributed by atoms with Crippen LogP contribution in [0.25, 0.3) is 0 Å². The van der Waals surface area contributed by atoms with Crippen LogP contribution in [-0.2, 0) is 16.0 Å². The summed E-state index contributed by atoms with van der Waals surface area (Å²) in [7, 11) is 0. The van der Waals surface area contributed by atoms with Crippen LogP contribution >= 0.6 is 0 Å². The summed E-state index contributed by atoms with van der Waals surface area (Å²) in [4.78, 5) is 30.1. The minimum Gasteiger partial charge on any atom is -0.351 e. The first-order valence-corrected chi connectivity index (χ1v) is 10.5. The summed E-state index contributed by atoms with van der Waals surface area (Å²) in [6, 6.07) is 10.4. The highest BCUT2D eigenvalue weighted by molar-refractivity contribution is 5.90. The van der Waals surface area contributed by atoms with Gasteiger partial charge in [0.15, 0.2) is 0 Å². The van der Waals surface area contributed by atoms with Gasteiger partial charge in [0.25, 0.3) is 0 Å². The van der Waals surface area contributed by atoms with Crippen molar-refractivity contribution in [2.45, 2.75) is 56.8 Å². The molecule has 1 aromatic heterocycles. The number of carbonyl (C=O) groups excluding carboxylic acids is 2. The van der Waals surface area contributed by atoms with E-state index in [1.54, 1.807) is 30.3 Å². The van der Waals surface area contributed by atoms with E-state index in [2.05, 4.69) is 10.3 Å². The number of hydrogen-bond acceptors (Lipinski definition) is 3. The molecule has 1 heterocycles. The largest absolute Gasteiger partial charge is 0.471 e. The van der Waals surface area contributed by atoms with Gasteiger partial charge in [0.1, 0.15) is 6.04 Å². The Bertz CT molecular complexity index is 853. The molecule has 0 bridgehead atoms. The molecule has 1 atom stereocenters. The molecule has 0 saturated heterocycles. The van der Waals surface area contributed by atoms with Gasteiger partial charge >= 0.3 is 12.1 Å². The molecule has 3 rings (SSSR count). The highest BCUT2D eigenvalue weighted by Gasteiger charge is 2.46. The van der Waals surface area contributed by atoms with Crippen molar-refractivity contribution >= 4 is 11.8 Å². The normalized spacial score (nSPS) is 15.8. The molecular formula is C23H26F3N3O2. The Morgan fingerprint density at radius 3 is 2.29 bits per heavy atom. The van der Waals surface area contributed by atoms with Gasteiger partial charge < -0.3 is 10.2 Å². The molecule has 1 fully saturated rings. The minimum atomic E-state index is -5.09. The minimum absolute atomic E-state index is 0.0949. The number of halogens is 3. The maximum Gasteiger partial charge on any atom is 0.471 e. The van der Waals surface area contributed by atoms with E-state index >= 15 is 0 Å². The first-order valence-electron chi connectivity index (χ1n) is 10.5. The van der Waals surface area contributed by atoms with Crippen molar-refractivity contribution in [1.29, 1.82) is 0 Å². The van der Waals surface area contributed by atoms with Crippen LogP contribution in [0, 0.1) is 0 Å². The molecule has 0 unspecified atom stereocenters. The van der Waals surface area contributed by atoms with E-state index in [1.807, 2.05) is 0 Å². The molecule has 166 valence electrons. The number of nitrogens with zero attached hydrogens (tertiary/aromatic N) is 2. The molecule has 1 aliphatic rings. The molecule has 5 nitrogen and oxygen atoms in total. The van der Waals surface area contributed by atoms with E-state index in [0.29, 0.717) is 10.5 Å². The predicted molar refractivity (Wildman–Crippen MR) is 110 cm³/mol. The van der Waals surface area contributed by atoms with Gasteiger partial charge in [-0.1, -0.05) is 49.6 Å². The van der Waals surface area contributed by atoms with Crippen LogP contribution in [0.4, 0.5) is 13.2 Å². The van der Waals surface area contributed by atoms with E-state index in [0.717, 1.165) is 37.7 Å². The van der Waals surface area contributed by atoms with Crippen LogP contribution in [0.3, 0.4) is 0 Å². The lowest BCUT2D eigenvalue weighted by atomic mass is 9.94. The zero-order chi connectivity index (χ0) is 22.3. The fourth-order valence-electron chi connectivity index (χ4n) is 3.95. The Morgan fingerprint density at radius 1 is 1.03 bits per heavy atom. The first-order chi connectivity index (χ1) is 14.9. The lowest BCUT2D eigenvalue weighted by Gasteiger charge is -2.33. The van der Waals surface area contributed by atoms with Gasteiger partial charge in [-0.2, -0.15) is 13.2 Å². The Kier molecular flexibility index (Phi) is 7.65. The average Bonchev–Trinajstić information content (AvgIpc) is 2.77. The number of nitrogens with one attached hydrogen (secondary N) is 1. The Hall–Kier alpha value is -2.90. The summed E-state index contributed by atoms with van der Waals surface area (Å²) in [5.41, 5.74) is 1.08. The van der Waals surface area contributed by atoms with Crippen LogP contribution in [-0.4, -0.2) is 40.5 Å². The van der Waals surface area contributed by atoms with Gasteiger partial charge in [0.2, 0.25) is 5.91 Å². The Balaban J connectivity index is 1.90. The van der Waals surface area contributed by atoms with Gasteiger partial charge in [-0.15, -0.1) is 0 Å². The van der Waals surface area contributed by atoms with Gasteiger partial charge in [0, 0.05) is 25.0 Å². The summed E-state index contributed by atoms with van der Waals surface area (Å²) >= 11 is 0. The quantitative estimate of drug-likeness (QED) is 0.712. The monoisotopic (exact) mass is 433 g/mol. The average molecular weight is 433 g/mol. The van der Waals surface area contributed by atoms with Crippen LogP contribution in [0.1, 0.15) is 49.3 Å². The number of alkyl halides is 3. The molecule has 0 radical (unpaired) electrons. The van der Waals surface area contributed by atoms with E-state index in [4.69, 9.17) is 0 Å². The fraction of sp³-hybridized carbons (Fsp3) is 0.435. The summed E-state index contributed by atoms with van der Waals surface area (Å²) < 4.78 is 40.5. The van der Waals surface area contributed by atoms with E-state index in [1.165, 1.54) is 24.5 Å². The smallest absolute Gasteiger partial charge is 0.351 e. The van der Waals surface area contributed by atoms with Crippen molar-refractivity contribution in [2.24, 2.45) is 0 Å². The number of rotatable bonds is 7. The second-order valence-electron chi connectivity index (χ2n) is 7.76. The van der Waals surface area contributed by atoms with Gasteiger partial charge in [0.05, 0.1) is 0 Å². The number of amides is 2. The topological polar surface area (TPSA) is 62.3 Å². The second-order valence-corrected chi connectivity index (χ2v) is 7.76. The molecule has 1 aromatic carbocycles. The second kappa shape index (κ2) is 10.4. The Labute approximate surface area is 179 Å². The van der Waals surface area contributed by atoms with Crippen molar-refractivity contribution in [3.8, 4) is 0 Å². The van der Waals surface area contributed by atoms with Crippen molar-refractivity contribution in [1.82, 2.24) is 15.2 Å². The SMILES string of the molecule is O=C(NC1CCCCC1)[C@H](c1ccncc1)N(CCc1ccccc1)C(=O)C(F)(F)F. The predicted octanol–water partition coefficient (Wildman–Crippen LogP) is 4.21. The molecule has 31 heavy (non-hydrogen) atoms. The highest BCUT2D eigenvalue weighted by atomic mass is 19.4. The fourth-order valence-corrected chi connectivity index (χ4v) is 3.95. The lowest BCUT2D eigenvalue weighted by molar-refractivity contribution is -0.188. The molecular weight excluding hydrogens is 407 g/mol. The zero-order valence-electron chi connectivity index (χ0n) is 17.1. The van der Waals surface area contributed by atoms with Crippen LogP contribution in [0.15, 0.2) is 54.9 Å². The number of carbonyl (C=O) groups is 2. The number of hydrogen-bond donors (Lipinski definition) is 1. The standard InChI is InChI=1S/C23H26F3N3O2/c24-23(25,26)22(31)29(16-13-17-7-3-1-4-8-17)20(18-11-14-27-15-12-18)21(30)28-19-9-5-2-6-10-19/h1,3-4,7-8,11-12,14-15,19-20H,2,5-6,9-10,13,16H2,(H,28,30)/t20-/m0/s1. The van der Waals surface area contributed by atoms with Crippen LogP contribution in [0.2, 0.25) is 0 Å². The number of pyridine rings is 1. The van der Waals surface area contributed by atoms with Crippen LogP contribution < -0.4 is 5.32 Å². The molecule has 1 saturated carbocycles. The van der Waals surface area contributed by atoms with E-state index < -0.39 is 24.0 Å². The third-order valence-corrected chi connectivity index (χ3v) is 5.52. The number of aromatic nitrogens is 1. The van der Waals surface area contributed by atoms with Crippen molar-refractivity contribution in [2.75, 3.05) is 6.54 Å². The first kappa shape index (κ1) is 22.8. The Morgan fingerprint density at radius 2 is 1.68 bits per heavy atom. The number of benzene rings is 1. The molecule has 0 spiro atoms. The molecule has 8 heteroatoms. The summed E-state index contributed by atoms with van der Waals surface area (Å²) in [6.45, 7) is -0.243. The lowest BCUT2D eigenvalue weighted by Crippen LogP contribution is -2.51. The molecule has 1 N–H and O–H groups in total.